The molecule has 0 fully saturated rings. The van der Waals surface area contributed by atoms with Crippen LogP contribution >= 0.6 is 0 Å². The molecular formula is C14H15N3O. The zero-order valence-corrected chi connectivity index (χ0v) is 10.7. The predicted octanol–water partition coefficient (Wildman–Crippen LogP) is 3.33. The molecule has 2 heterocycles. The summed E-state index contributed by atoms with van der Waals surface area (Å²) < 4.78 is 5.63. The molecule has 0 aliphatic carbocycles. The van der Waals surface area contributed by atoms with E-state index >= 15 is 0 Å². The molecule has 0 saturated carbocycles. The average molecular weight is 241 g/mol. The molecule has 0 atom stereocenters. The first-order chi connectivity index (χ1) is 8.56. The molecular weight excluding hydrogens is 226 g/mol. The van der Waals surface area contributed by atoms with E-state index in [-0.39, 0.29) is 0 Å². The number of benzene rings is 1. The fourth-order valence-electron chi connectivity index (χ4n) is 2.29. The Labute approximate surface area is 105 Å². The maximum Gasteiger partial charge on any atom is 0.142 e. The second-order valence-corrected chi connectivity index (χ2v) is 4.58. The molecule has 0 radical (unpaired) electrons. The summed E-state index contributed by atoms with van der Waals surface area (Å²) >= 11 is 0. The number of nitrogens with one attached hydrogen (secondary N) is 1. The molecule has 0 saturated heterocycles. The van der Waals surface area contributed by atoms with Crippen LogP contribution in [0.3, 0.4) is 0 Å². The van der Waals surface area contributed by atoms with E-state index in [2.05, 4.69) is 9.97 Å². The third-order valence-corrected chi connectivity index (χ3v) is 3.30. The quantitative estimate of drug-likeness (QED) is 0.642. The molecule has 0 unspecified atom stereocenters. The number of aromatic nitrogens is 2. The van der Waals surface area contributed by atoms with Gasteiger partial charge < -0.3 is 15.1 Å². The van der Waals surface area contributed by atoms with Crippen molar-refractivity contribution in [3.05, 3.63) is 35.3 Å². The van der Waals surface area contributed by atoms with Gasteiger partial charge in [0.25, 0.3) is 0 Å². The lowest BCUT2D eigenvalue weighted by Gasteiger charge is -1.95. The van der Waals surface area contributed by atoms with Gasteiger partial charge in [-0.3, -0.25) is 0 Å². The molecule has 18 heavy (non-hydrogen) atoms. The molecule has 3 aromatic rings. The van der Waals surface area contributed by atoms with Gasteiger partial charge in [-0.05, 0) is 39.0 Å². The van der Waals surface area contributed by atoms with Crippen LogP contribution in [-0.4, -0.2) is 9.97 Å². The highest BCUT2D eigenvalue weighted by molar-refractivity contribution is 5.83. The third kappa shape index (κ3) is 1.49. The Bertz CT molecular complexity index is 737. The first kappa shape index (κ1) is 10.9. The molecule has 92 valence electrons. The summed E-state index contributed by atoms with van der Waals surface area (Å²) in [6.45, 7) is 5.96. The molecule has 0 spiro atoms. The van der Waals surface area contributed by atoms with Crippen molar-refractivity contribution < 1.29 is 4.42 Å². The van der Waals surface area contributed by atoms with E-state index in [0.717, 1.165) is 45.2 Å². The van der Waals surface area contributed by atoms with Crippen molar-refractivity contribution >= 4 is 16.7 Å². The number of nitrogens with zero attached hydrogens (tertiary/aromatic N) is 1. The molecule has 3 rings (SSSR count). The van der Waals surface area contributed by atoms with Crippen molar-refractivity contribution in [2.45, 2.75) is 20.8 Å². The lowest BCUT2D eigenvalue weighted by atomic mass is 10.1. The number of aromatic amines is 1. The Balaban J connectivity index is 2.25. The zero-order valence-electron chi connectivity index (χ0n) is 10.7. The van der Waals surface area contributed by atoms with Crippen LogP contribution in [-0.2, 0) is 0 Å². The number of nitrogen functional groups attached to an aromatic ring is 1. The summed E-state index contributed by atoms with van der Waals surface area (Å²) in [5.41, 5.74) is 10.5. The topological polar surface area (TPSA) is 67.8 Å². The number of fused-ring (bicyclic) bond motifs is 1. The lowest BCUT2D eigenvalue weighted by molar-refractivity contribution is 0.503. The summed E-state index contributed by atoms with van der Waals surface area (Å²) in [7, 11) is 0. The Morgan fingerprint density at radius 3 is 2.61 bits per heavy atom. The van der Waals surface area contributed by atoms with Gasteiger partial charge >= 0.3 is 0 Å². The SMILES string of the molecule is Cc1oc(C)c(-c2nc3ccc(N)cc3[nH]2)c1C. The van der Waals surface area contributed by atoms with Crippen molar-refractivity contribution in [2.24, 2.45) is 0 Å². The van der Waals surface area contributed by atoms with E-state index in [0.29, 0.717) is 0 Å². The Kier molecular flexibility index (Phi) is 2.20. The summed E-state index contributed by atoms with van der Waals surface area (Å²) in [4.78, 5) is 7.88. The maximum absolute atomic E-state index is 5.77. The van der Waals surface area contributed by atoms with Crippen LogP contribution in [0.25, 0.3) is 22.4 Å². The summed E-state index contributed by atoms with van der Waals surface area (Å²) in [6, 6.07) is 5.67. The number of furan rings is 1. The molecule has 0 amide bonds. The van der Waals surface area contributed by atoms with Gasteiger partial charge in [-0.2, -0.15) is 0 Å². The lowest BCUT2D eigenvalue weighted by Crippen LogP contribution is -1.83. The smallest absolute Gasteiger partial charge is 0.142 e. The number of hydrogen-bond donors (Lipinski definition) is 2. The predicted molar refractivity (Wildman–Crippen MR) is 72.4 cm³/mol. The molecule has 0 aliphatic heterocycles. The van der Waals surface area contributed by atoms with Gasteiger partial charge in [0.1, 0.15) is 17.3 Å². The van der Waals surface area contributed by atoms with Gasteiger partial charge in [-0.1, -0.05) is 0 Å². The minimum Gasteiger partial charge on any atom is -0.466 e. The monoisotopic (exact) mass is 241 g/mol. The van der Waals surface area contributed by atoms with Crippen molar-refractivity contribution in [1.29, 1.82) is 0 Å². The Hall–Kier alpha value is -2.23. The number of rotatable bonds is 1. The number of imidazole rings is 1. The number of aryl methyl sites for hydroxylation is 2. The number of H-pyrrole nitrogens is 1. The third-order valence-electron chi connectivity index (χ3n) is 3.30. The first-order valence-corrected chi connectivity index (χ1v) is 5.88. The van der Waals surface area contributed by atoms with Gasteiger partial charge in [0.05, 0.1) is 16.6 Å². The highest BCUT2D eigenvalue weighted by atomic mass is 16.3. The summed E-state index contributed by atoms with van der Waals surface area (Å²) in [5.74, 6) is 2.65. The first-order valence-electron chi connectivity index (χ1n) is 5.88. The minimum absolute atomic E-state index is 0.731. The van der Waals surface area contributed by atoms with Crippen molar-refractivity contribution in [1.82, 2.24) is 9.97 Å². The zero-order chi connectivity index (χ0) is 12.9. The van der Waals surface area contributed by atoms with E-state index in [9.17, 15) is 0 Å². The maximum atomic E-state index is 5.77. The average Bonchev–Trinajstić information content (AvgIpc) is 2.80. The number of anilines is 1. The van der Waals surface area contributed by atoms with Crippen molar-refractivity contribution in [3.8, 4) is 11.4 Å². The van der Waals surface area contributed by atoms with E-state index in [1.165, 1.54) is 0 Å². The van der Waals surface area contributed by atoms with Crippen molar-refractivity contribution in [2.75, 3.05) is 5.73 Å². The second kappa shape index (κ2) is 3.63. The van der Waals surface area contributed by atoms with Crippen LogP contribution in [0.2, 0.25) is 0 Å². The highest BCUT2D eigenvalue weighted by Gasteiger charge is 2.16. The van der Waals surface area contributed by atoms with Gasteiger partial charge in [-0.25, -0.2) is 4.98 Å². The van der Waals surface area contributed by atoms with E-state index in [1.807, 2.05) is 39.0 Å². The molecule has 0 bridgehead atoms. The van der Waals surface area contributed by atoms with Gasteiger partial charge in [0.2, 0.25) is 0 Å². The van der Waals surface area contributed by atoms with Crippen LogP contribution in [0.5, 0.6) is 0 Å². The Morgan fingerprint density at radius 2 is 1.94 bits per heavy atom. The molecule has 3 N–H and O–H groups in total. The van der Waals surface area contributed by atoms with Crippen LogP contribution in [0, 0.1) is 20.8 Å². The van der Waals surface area contributed by atoms with Crippen LogP contribution in [0.1, 0.15) is 17.1 Å². The Morgan fingerprint density at radius 1 is 1.17 bits per heavy atom. The number of hydrogen-bond acceptors (Lipinski definition) is 3. The van der Waals surface area contributed by atoms with Crippen molar-refractivity contribution in [3.63, 3.8) is 0 Å². The van der Waals surface area contributed by atoms with E-state index < -0.39 is 0 Å². The highest BCUT2D eigenvalue weighted by Crippen LogP contribution is 2.31. The van der Waals surface area contributed by atoms with Crippen LogP contribution in [0.15, 0.2) is 22.6 Å². The van der Waals surface area contributed by atoms with Gasteiger partial charge in [0.15, 0.2) is 0 Å². The standard InChI is InChI=1S/C14H15N3O/c1-7-8(2)18-9(3)13(7)14-16-11-5-4-10(15)6-12(11)17-14/h4-6H,15H2,1-3H3,(H,16,17). The fraction of sp³-hybridized carbons (Fsp3) is 0.214. The van der Waals surface area contributed by atoms with Gasteiger partial charge in [0, 0.05) is 11.3 Å². The summed E-state index contributed by atoms with van der Waals surface area (Å²) in [5, 5.41) is 0. The van der Waals surface area contributed by atoms with E-state index in [4.69, 9.17) is 10.2 Å². The fourth-order valence-corrected chi connectivity index (χ4v) is 2.29. The largest absolute Gasteiger partial charge is 0.466 e. The molecule has 2 aromatic heterocycles. The molecule has 4 nitrogen and oxygen atoms in total. The normalized spacial score (nSPS) is 11.3. The van der Waals surface area contributed by atoms with E-state index in [1.54, 1.807) is 0 Å². The van der Waals surface area contributed by atoms with Crippen LogP contribution in [0.4, 0.5) is 5.69 Å². The second-order valence-electron chi connectivity index (χ2n) is 4.58. The molecule has 4 heteroatoms. The minimum atomic E-state index is 0.731. The molecule has 1 aromatic carbocycles. The number of nitrogens with two attached hydrogens (primary N) is 1. The molecule has 0 aliphatic rings. The summed E-state index contributed by atoms with van der Waals surface area (Å²) in [6.07, 6.45) is 0. The van der Waals surface area contributed by atoms with Crippen LogP contribution < -0.4 is 5.73 Å². The van der Waals surface area contributed by atoms with Gasteiger partial charge in [-0.15, -0.1) is 0 Å².